The molecule has 14 aromatic rings. The standard InChI is InChI=1S/C42H40N4O.C32H35N3O.C26H23N3O.3Pd/c1-27-44-28(2)46(45-27)32-14-12-16-34(26-32)47-33-15-11-13-31(23-33)42(39-17-9-10-22-43-39)37-20-18-29(40(3,4)5)24-35(37)36-25-30(41(6,7)8)19-21-38(36)42;1-22-19-23(2)35(34-22)27-16-12-14-25(21-27)29(36)24-13-11-15-26(20-24)32(30(3,4)5,31(6,7)8)28-17-9-10-18-33-28;1-18-15-19(2)29(28-18)23-12-8-10-21(17-23)25(30)20-9-7-11-22(16-20)26(3,4)24-13-5-6-14-27-24;;;/h9-22,24-25H,1-8H3;9-19H,1-8H3;5-15H,1-4H3;;;/q3*-2;3*+2. The van der Waals surface area contributed by atoms with Crippen molar-refractivity contribution in [3.63, 3.8) is 0 Å². The molecule has 0 radical (unpaired) electrons. The van der Waals surface area contributed by atoms with E-state index in [0.29, 0.717) is 39.6 Å². The molecule has 6 heterocycles. The first-order valence-corrected chi connectivity index (χ1v) is 38.5. The van der Waals surface area contributed by atoms with Crippen molar-refractivity contribution in [3.8, 4) is 39.7 Å². The quantitative estimate of drug-likeness (QED) is 0.0552. The van der Waals surface area contributed by atoms with Crippen LogP contribution in [0.1, 0.15) is 219 Å². The van der Waals surface area contributed by atoms with Crippen molar-refractivity contribution in [2.75, 3.05) is 0 Å². The molecule has 1 aliphatic rings. The SMILES string of the molecule is Cc1cc(C)n(-c2[c-]c(C(=O)c3[c-]c(C(C)(C)c4ccccn4)ccc3)ccc2)n1.Cc1cc(C)n(-c2[c-]c(C(=O)c3[c-]c(C(c4ccccn4)(C(C)(C)C)C(C)(C)C)ccc3)ccc2)n1.Cc1nc(C)n(-c2[c-]c(Oc3[c-]c(C4(c5ccccn5)c5ccc(C(C)(C)C)cc5-c5cc(C(C)(C)C)ccc54)ccc3)ccc2)n1.[Pd+2].[Pd+2].[Pd+2]. The molecule has 0 atom stereocenters. The van der Waals surface area contributed by atoms with Gasteiger partial charge in [0.25, 0.3) is 0 Å². The predicted octanol–water partition coefficient (Wildman–Crippen LogP) is 21.8. The number of hydrogen-bond acceptors (Lipinski definition) is 10. The molecule has 0 aliphatic heterocycles. The Bertz CT molecular complexity index is 5760. The van der Waals surface area contributed by atoms with Crippen LogP contribution in [0.2, 0.25) is 0 Å². The van der Waals surface area contributed by atoms with Crippen molar-refractivity contribution in [1.82, 2.24) is 49.3 Å². The molecule has 15 rings (SSSR count). The molecule has 6 aromatic heterocycles. The van der Waals surface area contributed by atoms with Gasteiger partial charge in [0, 0.05) is 58.0 Å². The Morgan fingerprint density at radius 2 is 0.810 bits per heavy atom. The minimum atomic E-state index is -0.695. The second-order valence-electron chi connectivity index (χ2n) is 34.0. The summed E-state index contributed by atoms with van der Waals surface area (Å²) in [6, 6.07) is 91.1. The van der Waals surface area contributed by atoms with E-state index in [1.165, 1.54) is 33.4 Å². The zero-order chi connectivity index (χ0) is 80.7. The molecule has 1 aliphatic carbocycles. The zero-order valence-corrected chi connectivity index (χ0v) is 74.2. The average molecular weight is 1810 g/mol. The van der Waals surface area contributed by atoms with E-state index in [9.17, 15) is 9.59 Å². The number of aryl methyl sites for hydroxylation is 6. The van der Waals surface area contributed by atoms with Gasteiger partial charge in [-0.3, -0.25) is 24.3 Å². The summed E-state index contributed by atoms with van der Waals surface area (Å²) < 4.78 is 11.9. The molecule has 0 N–H and O–H groups in total. The van der Waals surface area contributed by atoms with E-state index in [0.717, 1.165) is 79.4 Å². The maximum atomic E-state index is 13.7. The summed E-state index contributed by atoms with van der Waals surface area (Å²) in [6.45, 7) is 42.9. The number of fused-ring (bicyclic) bond motifs is 3. The maximum absolute atomic E-state index is 13.7. The van der Waals surface area contributed by atoms with Crippen LogP contribution in [-0.4, -0.2) is 60.8 Å². The number of aromatic nitrogens is 10. The van der Waals surface area contributed by atoms with Crippen molar-refractivity contribution in [2.45, 2.75) is 166 Å². The molecule has 596 valence electrons. The van der Waals surface area contributed by atoms with Gasteiger partial charge >= 0.3 is 61.3 Å². The van der Waals surface area contributed by atoms with Crippen LogP contribution >= 0.6 is 0 Å². The molecular formula is C100H98N10O3Pd3. The van der Waals surface area contributed by atoms with E-state index in [-0.39, 0.29) is 99.9 Å². The van der Waals surface area contributed by atoms with Crippen LogP contribution in [0, 0.1) is 88.8 Å². The Morgan fingerprint density at radius 3 is 1.24 bits per heavy atom. The van der Waals surface area contributed by atoms with Crippen LogP contribution in [0.5, 0.6) is 11.5 Å². The molecule has 0 spiro atoms. The maximum Gasteiger partial charge on any atom is 2.00 e. The van der Waals surface area contributed by atoms with E-state index in [2.05, 4.69) is 225 Å². The number of pyridine rings is 3. The largest absolute Gasteiger partial charge is 2.00 e. The fourth-order valence-corrected chi connectivity index (χ4v) is 16.3. The number of rotatable bonds is 15. The molecule has 13 nitrogen and oxygen atoms in total. The normalized spacial score (nSPS) is 12.4. The van der Waals surface area contributed by atoms with Crippen molar-refractivity contribution >= 4 is 11.6 Å². The number of hydrogen-bond donors (Lipinski definition) is 0. The van der Waals surface area contributed by atoms with Gasteiger partial charge in [-0.05, 0) is 162 Å². The van der Waals surface area contributed by atoms with Crippen molar-refractivity contribution < 1.29 is 75.6 Å². The zero-order valence-electron chi connectivity index (χ0n) is 69.6. The van der Waals surface area contributed by atoms with Gasteiger partial charge in [-0.2, -0.15) is 33.5 Å². The third kappa shape index (κ3) is 17.6. The number of carbonyl (C=O) groups excluding carboxylic acids is 2. The second kappa shape index (κ2) is 35.0. The van der Waals surface area contributed by atoms with Crippen molar-refractivity contribution in [2.24, 2.45) is 10.8 Å². The Kier molecular flexibility index (Phi) is 26.6. The first-order chi connectivity index (χ1) is 53.6. The van der Waals surface area contributed by atoms with E-state index >= 15 is 0 Å². The summed E-state index contributed by atoms with van der Waals surface area (Å²) in [5.74, 6) is 2.46. The van der Waals surface area contributed by atoms with Crippen LogP contribution in [0.4, 0.5) is 0 Å². The van der Waals surface area contributed by atoms with Crippen molar-refractivity contribution in [1.29, 1.82) is 0 Å². The van der Waals surface area contributed by atoms with Gasteiger partial charge in [0.15, 0.2) is 0 Å². The Hall–Kier alpha value is -10.1. The molecule has 0 saturated heterocycles. The van der Waals surface area contributed by atoms with Crippen LogP contribution < -0.4 is 4.74 Å². The molecule has 116 heavy (non-hydrogen) atoms. The third-order valence-corrected chi connectivity index (χ3v) is 21.5. The van der Waals surface area contributed by atoms with Gasteiger partial charge in [-0.1, -0.05) is 152 Å². The smallest absolute Gasteiger partial charge is 0.509 e. The Morgan fingerprint density at radius 1 is 0.388 bits per heavy atom. The fraction of sp³-hybridized carbons (Fsp3) is 0.270. The molecule has 0 amide bonds. The Labute approximate surface area is 726 Å². The molecular weight excluding hydrogens is 1710 g/mol. The van der Waals surface area contributed by atoms with Gasteiger partial charge in [0.05, 0.1) is 39.8 Å². The molecule has 0 unspecified atom stereocenters. The average Bonchev–Trinajstić information content (AvgIpc) is 1.56. The minimum Gasteiger partial charge on any atom is -0.509 e. The number of nitrogens with zero attached hydrogens (tertiary/aromatic N) is 10. The van der Waals surface area contributed by atoms with Gasteiger partial charge in [0.1, 0.15) is 11.6 Å². The molecule has 16 heteroatoms. The first-order valence-electron chi connectivity index (χ1n) is 38.5. The van der Waals surface area contributed by atoms with Gasteiger partial charge in [0.2, 0.25) is 0 Å². The fourth-order valence-electron chi connectivity index (χ4n) is 16.3. The monoisotopic (exact) mass is 1800 g/mol. The summed E-state index contributed by atoms with van der Waals surface area (Å²) in [5.41, 5.74) is 19.3. The Balaban J connectivity index is 0.000000186. The van der Waals surface area contributed by atoms with Gasteiger partial charge < -0.3 is 14.3 Å². The van der Waals surface area contributed by atoms with Crippen LogP contribution in [0.25, 0.3) is 28.2 Å². The molecule has 0 bridgehead atoms. The van der Waals surface area contributed by atoms with E-state index in [1.807, 2.05) is 186 Å². The van der Waals surface area contributed by atoms with E-state index in [1.54, 1.807) is 33.8 Å². The first kappa shape index (κ1) is 88.3. The van der Waals surface area contributed by atoms with Crippen LogP contribution in [-0.2, 0) is 88.3 Å². The summed E-state index contributed by atoms with van der Waals surface area (Å²) in [7, 11) is 0. The predicted molar refractivity (Wildman–Crippen MR) is 449 cm³/mol. The topological polar surface area (TPSA) is 148 Å². The minimum absolute atomic E-state index is 0. The third-order valence-electron chi connectivity index (χ3n) is 21.5. The van der Waals surface area contributed by atoms with Gasteiger partial charge in [-0.15, -0.1) is 166 Å². The van der Waals surface area contributed by atoms with E-state index < -0.39 is 10.8 Å². The molecule has 8 aromatic carbocycles. The molecule has 0 saturated carbocycles. The number of benzene rings is 8. The van der Waals surface area contributed by atoms with Crippen LogP contribution in [0.3, 0.4) is 0 Å². The summed E-state index contributed by atoms with van der Waals surface area (Å²) in [6.07, 6.45) is 5.51. The summed E-state index contributed by atoms with van der Waals surface area (Å²) >= 11 is 0. The second-order valence-corrected chi connectivity index (χ2v) is 34.0. The number of ketones is 2. The van der Waals surface area contributed by atoms with Crippen LogP contribution in [0.15, 0.2) is 231 Å². The van der Waals surface area contributed by atoms with Gasteiger partial charge in [-0.25, -0.2) is 9.67 Å². The summed E-state index contributed by atoms with van der Waals surface area (Å²) in [4.78, 5) is 45.8. The number of carbonyl (C=O) groups is 2. The number of ether oxygens (including phenoxy) is 1. The summed E-state index contributed by atoms with van der Waals surface area (Å²) in [5, 5.41) is 13.6. The van der Waals surface area contributed by atoms with E-state index in [4.69, 9.17) is 14.7 Å². The molecule has 0 fully saturated rings. The van der Waals surface area contributed by atoms with Crippen molar-refractivity contribution in [3.05, 3.63) is 380 Å².